The molecular weight excluding hydrogens is 667 g/mol. The van der Waals surface area contributed by atoms with Gasteiger partial charge in [0, 0.05) is 30.0 Å². The van der Waals surface area contributed by atoms with E-state index in [0.29, 0.717) is 37.4 Å². The highest BCUT2D eigenvalue weighted by Gasteiger charge is 2.51. The molecule has 3 heterocycles. The molecule has 3 amide bonds. The number of carbonyl (C=O) groups is 3. The van der Waals surface area contributed by atoms with Crippen LogP contribution in [0.25, 0.3) is 10.1 Å². The molecule has 260 valence electrons. The molecule has 48 heavy (non-hydrogen) atoms. The molecule has 0 saturated carbocycles. The van der Waals surface area contributed by atoms with Gasteiger partial charge in [0.05, 0.1) is 24.1 Å². The zero-order valence-electron chi connectivity index (χ0n) is 27.1. The van der Waals surface area contributed by atoms with Gasteiger partial charge in [-0.3, -0.25) is 18.9 Å². The lowest BCUT2D eigenvalue weighted by atomic mass is 9.85. The summed E-state index contributed by atoms with van der Waals surface area (Å²) in [5.41, 5.74) is -5.13. The van der Waals surface area contributed by atoms with Crippen molar-refractivity contribution in [3.8, 4) is 0 Å². The van der Waals surface area contributed by atoms with Crippen molar-refractivity contribution in [2.24, 2.45) is 5.41 Å². The van der Waals surface area contributed by atoms with Crippen LogP contribution in [-0.4, -0.2) is 88.3 Å². The molecule has 3 aromatic rings. The molecule has 0 radical (unpaired) electrons. The van der Waals surface area contributed by atoms with Gasteiger partial charge in [0.15, 0.2) is 0 Å². The van der Waals surface area contributed by atoms with E-state index >= 15 is 0 Å². The molecular formula is C33H40F2N3O8PS. The number of fused-ring (bicyclic) bond motifs is 1. The van der Waals surface area contributed by atoms with Crippen LogP contribution in [0.4, 0.5) is 8.78 Å². The summed E-state index contributed by atoms with van der Waals surface area (Å²) in [6.07, 6.45) is -0.420. The number of hydrogen-bond donors (Lipinski definition) is 3. The first-order valence-electron chi connectivity index (χ1n) is 15.7. The molecule has 2 fully saturated rings. The summed E-state index contributed by atoms with van der Waals surface area (Å²) in [6, 6.07) is 12.1. The van der Waals surface area contributed by atoms with E-state index in [9.17, 15) is 27.7 Å². The summed E-state index contributed by atoms with van der Waals surface area (Å²) < 4.78 is 52.5. The maximum absolute atomic E-state index is 14.4. The molecule has 2 saturated heterocycles. The number of amides is 3. The van der Waals surface area contributed by atoms with E-state index in [1.807, 2.05) is 37.3 Å². The average Bonchev–Trinajstić information content (AvgIpc) is 3.67. The molecule has 15 heteroatoms. The molecule has 2 aliphatic rings. The van der Waals surface area contributed by atoms with Crippen LogP contribution in [0.5, 0.6) is 0 Å². The maximum Gasteiger partial charge on any atom is 0.399 e. The second kappa shape index (κ2) is 13.9. The molecule has 3 N–H and O–H groups in total. The molecule has 2 unspecified atom stereocenters. The van der Waals surface area contributed by atoms with Crippen LogP contribution in [0, 0.1) is 5.41 Å². The smallest absolute Gasteiger partial charge is 0.376 e. The highest BCUT2D eigenvalue weighted by atomic mass is 32.1. The highest BCUT2D eigenvalue weighted by molar-refractivity contribution is 7.52. The van der Waals surface area contributed by atoms with Crippen LogP contribution in [0.15, 0.2) is 54.6 Å². The minimum Gasteiger partial charge on any atom is -0.376 e. The van der Waals surface area contributed by atoms with Crippen molar-refractivity contribution < 1.29 is 47.0 Å². The fourth-order valence-electron chi connectivity index (χ4n) is 6.13. The lowest BCUT2D eigenvalue weighted by molar-refractivity contribution is -0.154. The van der Waals surface area contributed by atoms with Crippen molar-refractivity contribution in [1.82, 2.24) is 15.1 Å². The molecule has 5 rings (SSSR count). The normalized spacial score (nSPS) is 21.4. The summed E-state index contributed by atoms with van der Waals surface area (Å²) in [5, 5.41) is 3.01. The number of hydrogen-bond acceptors (Lipinski definition) is 7. The highest BCUT2D eigenvalue weighted by Crippen LogP contribution is 2.59. The predicted molar refractivity (Wildman–Crippen MR) is 176 cm³/mol. The standard InChI is InChI=1S/C33H40F2N3O8PS/c1-5-45-23-13-14-38(27(23)30(40)37-15-16-46-24(19-37)20-9-7-6-8-10-20)31(41)28(32(2,3)4)36-29(39)26-18-21-17-22(11-12-25(21)48-26)33(34,35)47(42,43)44/h6-12,17-18,23-24,27-28H,5,13-16,19H2,1-4H3,(H,36,39)(H2,42,43,44)/t23-,24?,27+,28?/m1/s1. The Labute approximate surface area is 281 Å². The van der Waals surface area contributed by atoms with E-state index < -0.39 is 54.2 Å². The quantitative estimate of drug-likeness (QED) is 0.267. The van der Waals surface area contributed by atoms with Crippen molar-refractivity contribution in [1.29, 1.82) is 0 Å². The van der Waals surface area contributed by atoms with Crippen LogP contribution in [0.3, 0.4) is 0 Å². The number of alkyl halides is 2. The van der Waals surface area contributed by atoms with Gasteiger partial charge >= 0.3 is 13.3 Å². The second-order valence-electron chi connectivity index (χ2n) is 13.0. The minimum atomic E-state index is -5.78. The van der Waals surface area contributed by atoms with Gasteiger partial charge in [0.25, 0.3) is 5.91 Å². The predicted octanol–water partition coefficient (Wildman–Crippen LogP) is 4.88. The van der Waals surface area contributed by atoms with Crippen molar-refractivity contribution in [2.45, 2.75) is 64.1 Å². The SMILES string of the molecule is CCO[C@@H]1CCN(C(=O)C(NC(=O)c2cc3cc(C(F)(F)P(=O)(O)O)ccc3s2)C(C)(C)C)[C@@H]1C(=O)N1CCOC(c2ccccc2)C1. The molecule has 11 nitrogen and oxygen atoms in total. The Kier molecular flexibility index (Phi) is 10.5. The van der Waals surface area contributed by atoms with Gasteiger partial charge in [0.1, 0.15) is 18.2 Å². The molecule has 4 atom stereocenters. The fraction of sp³-hybridized carbons (Fsp3) is 0.485. The van der Waals surface area contributed by atoms with Crippen molar-refractivity contribution in [2.75, 3.05) is 32.8 Å². The molecule has 0 spiro atoms. The van der Waals surface area contributed by atoms with E-state index in [4.69, 9.17) is 19.3 Å². The summed E-state index contributed by atoms with van der Waals surface area (Å²) in [4.78, 5) is 63.6. The summed E-state index contributed by atoms with van der Waals surface area (Å²) in [5.74, 6) is -1.33. The van der Waals surface area contributed by atoms with Gasteiger partial charge < -0.3 is 34.4 Å². The number of benzene rings is 2. The fourth-order valence-corrected chi connectivity index (χ4v) is 7.55. The third-order valence-corrected chi connectivity index (χ3v) is 10.8. The van der Waals surface area contributed by atoms with Crippen LogP contribution in [-0.2, 0) is 29.3 Å². The number of rotatable bonds is 9. The number of ether oxygens (including phenoxy) is 2. The first-order valence-corrected chi connectivity index (χ1v) is 18.1. The van der Waals surface area contributed by atoms with E-state index in [2.05, 4.69) is 5.32 Å². The number of halogens is 2. The van der Waals surface area contributed by atoms with E-state index in [1.54, 1.807) is 25.7 Å². The average molecular weight is 708 g/mol. The number of thiophene rings is 1. The van der Waals surface area contributed by atoms with Crippen LogP contribution < -0.4 is 5.32 Å². The number of nitrogens with one attached hydrogen (secondary N) is 1. The van der Waals surface area contributed by atoms with Gasteiger partial charge in [-0.25, -0.2) is 0 Å². The number of morpholine rings is 1. The van der Waals surface area contributed by atoms with Crippen LogP contribution in [0.1, 0.15) is 61.0 Å². The van der Waals surface area contributed by atoms with Gasteiger partial charge in [-0.1, -0.05) is 57.2 Å². The molecule has 0 aliphatic carbocycles. The van der Waals surface area contributed by atoms with E-state index in [-0.39, 0.29) is 28.8 Å². The lowest BCUT2D eigenvalue weighted by Gasteiger charge is -2.39. The van der Waals surface area contributed by atoms with Crippen molar-refractivity contribution in [3.63, 3.8) is 0 Å². The molecule has 1 aromatic heterocycles. The maximum atomic E-state index is 14.4. The third kappa shape index (κ3) is 7.34. The van der Waals surface area contributed by atoms with Crippen LogP contribution in [0.2, 0.25) is 0 Å². The van der Waals surface area contributed by atoms with Gasteiger partial charge in [-0.15, -0.1) is 11.3 Å². The van der Waals surface area contributed by atoms with Gasteiger partial charge in [-0.05, 0) is 47.9 Å². The van der Waals surface area contributed by atoms with E-state index in [1.165, 1.54) is 17.0 Å². The topological polar surface area (TPSA) is 146 Å². The Morgan fingerprint density at radius 2 is 1.81 bits per heavy atom. The Bertz CT molecular complexity index is 1710. The first-order chi connectivity index (χ1) is 22.5. The van der Waals surface area contributed by atoms with Crippen molar-refractivity contribution >= 4 is 46.7 Å². The zero-order chi connectivity index (χ0) is 35.0. The molecule has 2 aromatic carbocycles. The third-order valence-electron chi connectivity index (χ3n) is 8.65. The Morgan fingerprint density at radius 1 is 1.10 bits per heavy atom. The Hall–Kier alpha value is -3.26. The largest absolute Gasteiger partial charge is 0.399 e. The first kappa shape index (κ1) is 36.0. The Morgan fingerprint density at radius 3 is 2.46 bits per heavy atom. The zero-order valence-corrected chi connectivity index (χ0v) is 28.8. The summed E-state index contributed by atoms with van der Waals surface area (Å²) in [6.45, 7) is 8.78. The Balaban J connectivity index is 1.38. The van der Waals surface area contributed by atoms with Crippen molar-refractivity contribution in [3.05, 3.63) is 70.6 Å². The summed E-state index contributed by atoms with van der Waals surface area (Å²) in [7, 11) is -5.78. The summed E-state index contributed by atoms with van der Waals surface area (Å²) >= 11 is 0.990. The van der Waals surface area contributed by atoms with Crippen LogP contribution >= 0.6 is 18.9 Å². The lowest BCUT2D eigenvalue weighted by Crippen LogP contribution is -2.60. The number of carbonyl (C=O) groups excluding carboxylic acids is 3. The van der Waals surface area contributed by atoms with Gasteiger partial charge in [-0.2, -0.15) is 8.78 Å². The second-order valence-corrected chi connectivity index (χ2v) is 15.8. The monoisotopic (exact) mass is 707 g/mol. The number of likely N-dealkylation sites (tertiary alicyclic amines) is 1. The molecule has 2 aliphatic heterocycles. The van der Waals surface area contributed by atoms with Gasteiger partial charge in [0.2, 0.25) is 11.8 Å². The van der Waals surface area contributed by atoms with E-state index in [0.717, 1.165) is 29.0 Å². The molecule has 0 bridgehead atoms. The number of nitrogens with zero attached hydrogens (tertiary/aromatic N) is 2. The minimum absolute atomic E-state index is 0.116.